The van der Waals surface area contributed by atoms with E-state index in [4.69, 9.17) is 0 Å². The van der Waals surface area contributed by atoms with E-state index >= 15 is 0 Å². The molecule has 0 unspecified atom stereocenters. The lowest BCUT2D eigenvalue weighted by Gasteiger charge is -2.01. The van der Waals surface area contributed by atoms with Gasteiger partial charge >= 0.3 is 0 Å². The molecule has 0 saturated heterocycles. The molecule has 4 heteroatoms. The second-order valence-electron chi connectivity index (χ2n) is 4.55. The van der Waals surface area contributed by atoms with E-state index in [0.717, 1.165) is 22.6 Å². The van der Waals surface area contributed by atoms with Gasteiger partial charge in [-0.2, -0.15) is 5.10 Å². The zero-order valence-corrected chi connectivity index (χ0v) is 11.3. The highest BCUT2D eigenvalue weighted by Gasteiger charge is 2.07. The maximum atomic E-state index is 11.8. The van der Waals surface area contributed by atoms with Crippen LogP contribution in [0.4, 0.5) is 5.69 Å². The predicted octanol–water partition coefficient (Wildman–Crippen LogP) is 2.99. The van der Waals surface area contributed by atoms with Crippen LogP contribution in [0.1, 0.15) is 22.5 Å². The van der Waals surface area contributed by atoms with E-state index in [9.17, 15) is 4.79 Å². The molecule has 2 aromatic rings. The van der Waals surface area contributed by atoms with E-state index in [-0.39, 0.29) is 5.91 Å². The second-order valence-corrected chi connectivity index (χ2v) is 4.55. The van der Waals surface area contributed by atoms with Crippen LogP contribution >= 0.6 is 0 Å². The monoisotopic (exact) mass is 255 g/mol. The number of amides is 1. The zero-order chi connectivity index (χ0) is 13.8. The third-order valence-corrected chi connectivity index (χ3v) is 2.85. The normalized spacial score (nSPS) is 10.9. The molecule has 0 atom stereocenters. The summed E-state index contributed by atoms with van der Waals surface area (Å²) in [7, 11) is 0. The van der Waals surface area contributed by atoms with E-state index in [1.54, 1.807) is 6.08 Å². The molecule has 0 saturated carbocycles. The molecule has 2 N–H and O–H groups in total. The van der Waals surface area contributed by atoms with Crippen LogP contribution in [0.25, 0.3) is 6.08 Å². The first kappa shape index (κ1) is 13.1. The van der Waals surface area contributed by atoms with E-state index in [2.05, 4.69) is 15.5 Å². The number of aryl methyl sites for hydroxylation is 3. The fourth-order valence-electron chi connectivity index (χ4n) is 1.85. The Balaban J connectivity index is 2.06. The fourth-order valence-corrected chi connectivity index (χ4v) is 1.85. The molecule has 0 bridgehead atoms. The molecular formula is C15H17N3O. The van der Waals surface area contributed by atoms with E-state index in [1.807, 2.05) is 45.0 Å². The van der Waals surface area contributed by atoms with Crippen LogP contribution in [0.2, 0.25) is 0 Å². The molecule has 0 aliphatic rings. The van der Waals surface area contributed by atoms with Crippen LogP contribution in [-0.4, -0.2) is 16.1 Å². The summed E-state index contributed by atoms with van der Waals surface area (Å²) in [6.45, 7) is 5.75. The Labute approximate surface area is 112 Å². The van der Waals surface area contributed by atoms with Gasteiger partial charge in [0.15, 0.2) is 0 Å². The van der Waals surface area contributed by atoms with Gasteiger partial charge in [-0.25, -0.2) is 0 Å². The molecule has 1 aromatic heterocycles. The van der Waals surface area contributed by atoms with Crippen molar-refractivity contribution < 1.29 is 4.79 Å². The van der Waals surface area contributed by atoms with E-state index in [1.165, 1.54) is 11.6 Å². The number of nitrogens with one attached hydrogen (secondary N) is 2. The van der Waals surface area contributed by atoms with Crippen molar-refractivity contribution in [2.75, 3.05) is 5.32 Å². The molecule has 0 radical (unpaired) electrons. The number of benzene rings is 1. The second kappa shape index (κ2) is 5.52. The topological polar surface area (TPSA) is 57.8 Å². The van der Waals surface area contributed by atoms with Crippen molar-refractivity contribution in [3.8, 4) is 0 Å². The Hall–Kier alpha value is -2.36. The molecule has 19 heavy (non-hydrogen) atoms. The van der Waals surface area contributed by atoms with Gasteiger partial charge in [0.1, 0.15) is 0 Å². The maximum absolute atomic E-state index is 11.8. The minimum absolute atomic E-state index is 0.158. The van der Waals surface area contributed by atoms with Gasteiger partial charge in [-0.3, -0.25) is 9.89 Å². The van der Waals surface area contributed by atoms with Gasteiger partial charge in [-0.1, -0.05) is 29.8 Å². The van der Waals surface area contributed by atoms with Crippen LogP contribution in [0.15, 0.2) is 30.3 Å². The van der Waals surface area contributed by atoms with Crippen LogP contribution in [0, 0.1) is 20.8 Å². The zero-order valence-electron chi connectivity index (χ0n) is 11.3. The van der Waals surface area contributed by atoms with E-state index in [0.29, 0.717) is 0 Å². The standard InChI is InChI=1S/C15H17N3O/c1-10-5-4-6-13(9-10)7-8-14(19)16-15-11(2)17-18-12(15)3/h4-9H,1-3H3,(H,16,19)(H,17,18)/b8-7+. The number of aromatic amines is 1. The number of nitrogens with zero attached hydrogens (tertiary/aromatic N) is 1. The number of hydrogen-bond donors (Lipinski definition) is 2. The summed E-state index contributed by atoms with van der Waals surface area (Å²) >= 11 is 0. The largest absolute Gasteiger partial charge is 0.319 e. The molecule has 98 valence electrons. The van der Waals surface area contributed by atoms with Gasteiger partial charge in [-0.15, -0.1) is 0 Å². The summed E-state index contributed by atoms with van der Waals surface area (Å²) in [6, 6.07) is 7.98. The number of aromatic nitrogens is 2. The molecule has 0 aliphatic heterocycles. The summed E-state index contributed by atoms with van der Waals surface area (Å²) in [6.07, 6.45) is 3.33. The molecule has 0 spiro atoms. The highest BCUT2D eigenvalue weighted by Crippen LogP contribution is 2.16. The number of H-pyrrole nitrogens is 1. The molecule has 1 amide bonds. The summed E-state index contributed by atoms with van der Waals surface area (Å²) in [4.78, 5) is 11.8. The van der Waals surface area contributed by atoms with Gasteiger partial charge in [-0.05, 0) is 32.4 Å². The first-order valence-electron chi connectivity index (χ1n) is 6.13. The van der Waals surface area contributed by atoms with Crippen LogP contribution in [0.3, 0.4) is 0 Å². The van der Waals surface area contributed by atoms with Gasteiger partial charge in [0.2, 0.25) is 5.91 Å². The third-order valence-electron chi connectivity index (χ3n) is 2.85. The van der Waals surface area contributed by atoms with Crippen molar-refractivity contribution in [2.45, 2.75) is 20.8 Å². The van der Waals surface area contributed by atoms with Crippen LogP contribution in [-0.2, 0) is 4.79 Å². The van der Waals surface area contributed by atoms with Crippen molar-refractivity contribution in [3.63, 3.8) is 0 Å². The lowest BCUT2D eigenvalue weighted by Crippen LogP contribution is -2.09. The minimum Gasteiger partial charge on any atom is -0.319 e. The molecule has 1 aromatic carbocycles. The summed E-state index contributed by atoms with van der Waals surface area (Å²) < 4.78 is 0. The Morgan fingerprint density at radius 1 is 1.32 bits per heavy atom. The van der Waals surface area contributed by atoms with E-state index < -0.39 is 0 Å². The molecule has 2 rings (SSSR count). The van der Waals surface area contributed by atoms with Crippen molar-refractivity contribution in [2.24, 2.45) is 0 Å². The average Bonchev–Trinajstić information content (AvgIpc) is 2.68. The van der Waals surface area contributed by atoms with Gasteiger partial charge in [0.25, 0.3) is 0 Å². The molecule has 0 aliphatic carbocycles. The fraction of sp³-hybridized carbons (Fsp3) is 0.200. The van der Waals surface area contributed by atoms with Gasteiger partial charge < -0.3 is 5.32 Å². The van der Waals surface area contributed by atoms with Crippen LogP contribution in [0.5, 0.6) is 0 Å². The highest BCUT2D eigenvalue weighted by atomic mass is 16.1. The van der Waals surface area contributed by atoms with Gasteiger partial charge in [0, 0.05) is 6.08 Å². The first-order valence-corrected chi connectivity index (χ1v) is 6.13. The van der Waals surface area contributed by atoms with Crippen molar-refractivity contribution in [1.82, 2.24) is 10.2 Å². The SMILES string of the molecule is Cc1cccc(/C=C/C(=O)Nc2c(C)n[nH]c2C)c1. The third kappa shape index (κ3) is 3.31. The minimum atomic E-state index is -0.158. The number of anilines is 1. The molecule has 4 nitrogen and oxygen atoms in total. The summed E-state index contributed by atoms with van der Waals surface area (Å²) in [5.74, 6) is -0.158. The lowest BCUT2D eigenvalue weighted by molar-refractivity contribution is -0.111. The lowest BCUT2D eigenvalue weighted by atomic mass is 10.1. The van der Waals surface area contributed by atoms with Crippen molar-refractivity contribution in [3.05, 3.63) is 52.9 Å². The Morgan fingerprint density at radius 2 is 2.11 bits per heavy atom. The Kier molecular flexibility index (Phi) is 3.80. The molecular weight excluding hydrogens is 238 g/mol. The number of hydrogen-bond acceptors (Lipinski definition) is 2. The van der Waals surface area contributed by atoms with Crippen molar-refractivity contribution >= 4 is 17.7 Å². The highest BCUT2D eigenvalue weighted by molar-refractivity contribution is 6.02. The predicted molar refractivity (Wildman–Crippen MR) is 76.9 cm³/mol. The van der Waals surface area contributed by atoms with Crippen molar-refractivity contribution in [1.29, 1.82) is 0 Å². The Morgan fingerprint density at radius 3 is 2.74 bits per heavy atom. The quantitative estimate of drug-likeness (QED) is 0.828. The first-order chi connectivity index (χ1) is 9.06. The summed E-state index contributed by atoms with van der Waals surface area (Å²) in [5.41, 5.74) is 4.57. The Bertz CT molecular complexity index is 607. The average molecular weight is 255 g/mol. The number of rotatable bonds is 3. The maximum Gasteiger partial charge on any atom is 0.248 e. The van der Waals surface area contributed by atoms with Gasteiger partial charge in [0.05, 0.1) is 17.1 Å². The van der Waals surface area contributed by atoms with Crippen LogP contribution < -0.4 is 5.32 Å². The summed E-state index contributed by atoms with van der Waals surface area (Å²) in [5, 5.41) is 9.69. The smallest absolute Gasteiger partial charge is 0.248 e. The molecule has 1 heterocycles. The molecule has 0 fully saturated rings. The number of carbonyl (C=O) groups excluding carboxylic acids is 1. The number of carbonyl (C=O) groups is 1.